The zero-order chi connectivity index (χ0) is 21.7. The largest absolute Gasteiger partial charge is 0.481 e. The van der Waals surface area contributed by atoms with Crippen LogP contribution in [-0.4, -0.2) is 43.1 Å². The first kappa shape index (κ1) is 22.0. The lowest BCUT2D eigenvalue weighted by Crippen LogP contribution is -2.52. The number of hydrogen-bond acceptors (Lipinski definition) is 3. The average Bonchev–Trinajstić information content (AvgIpc) is 2.77. The number of carbonyl (C=O) groups is 1. The van der Waals surface area contributed by atoms with Gasteiger partial charge in [0.05, 0.1) is 5.56 Å². The smallest absolute Gasteiger partial charge is 0.416 e. The Bertz CT molecular complexity index is 844. The van der Waals surface area contributed by atoms with Gasteiger partial charge in [0.2, 0.25) is 0 Å². The summed E-state index contributed by atoms with van der Waals surface area (Å²) in [4.78, 5) is 16.5. The van der Waals surface area contributed by atoms with E-state index in [4.69, 9.17) is 4.74 Å². The number of ether oxygens (including phenoxy) is 1. The molecule has 0 unspecified atom stereocenters. The third-order valence-electron chi connectivity index (χ3n) is 5.39. The molecule has 0 saturated carbocycles. The minimum atomic E-state index is -4.37. The Morgan fingerprint density at radius 3 is 2.27 bits per heavy atom. The molecule has 2 aromatic carbocycles. The van der Waals surface area contributed by atoms with Crippen molar-refractivity contribution in [1.82, 2.24) is 4.90 Å². The molecule has 30 heavy (non-hydrogen) atoms. The highest BCUT2D eigenvalue weighted by molar-refractivity contribution is 5.81. The first-order valence-electron chi connectivity index (χ1n) is 10.3. The van der Waals surface area contributed by atoms with Gasteiger partial charge < -0.3 is 14.5 Å². The number of rotatable bonds is 6. The molecule has 1 fully saturated rings. The topological polar surface area (TPSA) is 32.8 Å². The van der Waals surface area contributed by atoms with E-state index in [2.05, 4.69) is 6.92 Å². The SMILES string of the molecule is CCc1ccc(O[C@H](CC)C(=O)N2CCN(c3cccc(C(F)(F)F)c3)CC2)cc1. The second-order valence-electron chi connectivity index (χ2n) is 7.37. The van der Waals surface area contributed by atoms with E-state index >= 15 is 0 Å². The molecule has 3 rings (SSSR count). The van der Waals surface area contributed by atoms with Gasteiger partial charge in [0, 0.05) is 31.9 Å². The lowest BCUT2D eigenvalue weighted by Gasteiger charge is -2.37. The molecule has 1 atom stereocenters. The quantitative estimate of drug-likeness (QED) is 0.675. The van der Waals surface area contributed by atoms with Crippen molar-refractivity contribution in [3.05, 3.63) is 59.7 Å². The minimum absolute atomic E-state index is 0.0826. The van der Waals surface area contributed by atoms with Gasteiger partial charge in [-0.05, 0) is 48.7 Å². The Morgan fingerprint density at radius 1 is 1.03 bits per heavy atom. The molecule has 0 spiro atoms. The van der Waals surface area contributed by atoms with E-state index in [1.54, 1.807) is 11.0 Å². The summed E-state index contributed by atoms with van der Waals surface area (Å²) in [6.45, 7) is 5.84. The molecule has 1 aliphatic heterocycles. The second-order valence-corrected chi connectivity index (χ2v) is 7.37. The van der Waals surface area contributed by atoms with Gasteiger partial charge in [-0.2, -0.15) is 13.2 Å². The van der Waals surface area contributed by atoms with Gasteiger partial charge in [0.15, 0.2) is 6.10 Å². The summed E-state index contributed by atoms with van der Waals surface area (Å²) in [5.74, 6) is 0.579. The van der Waals surface area contributed by atoms with Crippen LogP contribution in [0.3, 0.4) is 0 Å². The summed E-state index contributed by atoms with van der Waals surface area (Å²) in [6, 6.07) is 13.0. The van der Waals surface area contributed by atoms with Crippen LogP contribution in [0, 0.1) is 0 Å². The van der Waals surface area contributed by atoms with Crippen LogP contribution in [0.5, 0.6) is 5.75 Å². The Hall–Kier alpha value is -2.70. The number of nitrogens with zero attached hydrogens (tertiary/aromatic N) is 2. The summed E-state index contributed by atoms with van der Waals surface area (Å²) in [7, 11) is 0. The lowest BCUT2D eigenvalue weighted by atomic mass is 10.1. The van der Waals surface area contributed by atoms with Crippen LogP contribution in [0.4, 0.5) is 18.9 Å². The van der Waals surface area contributed by atoms with Gasteiger partial charge in [-0.15, -0.1) is 0 Å². The van der Waals surface area contributed by atoms with Crippen molar-refractivity contribution in [2.75, 3.05) is 31.1 Å². The third kappa shape index (κ3) is 5.26. The van der Waals surface area contributed by atoms with Crippen LogP contribution in [0.15, 0.2) is 48.5 Å². The summed E-state index contributed by atoms with van der Waals surface area (Å²) >= 11 is 0. The number of hydrogen-bond donors (Lipinski definition) is 0. The van der Waals surface area contributed by atoms with Gasteiger partial charge in [0.25, 0.3) is 5.91 Å². The Morgan fingerprint density at radius 2 is 1.70 bits per heavy atom. The fourth-order valence-electron chi connectivity index (χ4n) is 3.54. The van der Waals surface area contributed by atoms with E-state index < -0.39 is 17.8 Å². The van der Waals surface area contributed by atoms with Crippen LogP contribution < -0.4 is 9.64 Å². The molecule has 4 nitrogen and oxygen atoms in total. The Kier molecular flexibility index (Phi) is 6.90. The van der Waals surface area contributed by atoms with Gasteiger partial charge in [-0.25, -0.2) is 0 Å². The minimum Gasteiger partial charge on any atom is -0.481 e. The fraction of sp³-hybridized carbons (Fsp3) is 0.435. The van der Waals surface area contributed by atoms with Gasteiger partial charge in [-0.1, -0.05) is 32.0 Å². The molecule has 0 aliphatic carbocycles. The molecular weight excluding hydrogens is 393 g/mol. The maximum Gasteiger partial charge on any atom is 0.416 e. The summed E-state index contributed by atoms with van der Waals surface area (Å²) in [5.41, 5.74) is 1.07. The van der Waals surface area contributed by atoms with Crippen LogP contribution in [0.25, 0.3) is 0 Å². The Labute approximate surface area is 175 Å². The first-order valence-corrected chi connectivity index (χ1v) is 10.3. The predicted molar refractivity (Wildman–Crippen MR) is 111 cm³/mol. The monoisotopic (exact) mass is 420 g/mol. The van der Waals surface area contributed by atoms with Gasteiger partial charge in [-0.3, -0.25) is 4.79 Å². The summed E-state index contributed by atoms with van der Waals surface area (Å²) in [5, 5.41) is 0. The van der Waals surface area contributed by atoms with E-state index in [9.17, 15) is 18.0 Å². The Balaban J connectivity index is 1.59. The van der Waals surface area contributed by atoms with Gasteiger partial charge >= 0.3 is 6.18 Å². The lowest BCUT2D eigenvalue weighted by molar-refractivity contribution is -0.139. The molecular formula is C23H27F3N2O2. The third-order valence-corrected chi connectivity index (χ3v) is 5.39. The van der Waals surface area contributed by atoms with Crippen LogP contribution in [0.1, 0.15) is 31.4 Å². The molecule has 1 aliphatic rings. The highest BCUT2D eigenvalue weighted by Crippen LogP contribution is 2.32. The number of benzene rings is 2. The molecule has 1 heterocycles. The second kappa shape index (κ2) is 9.41. The number of aryl methyl sites for hydroxylation is 1. The van der Waals surface area contributed by atoms with Crippen LogP contribution in [0.2, 0.25) is 0 Å². The number of alkyl halides is 3. The fourth-order valence-corrected chi connectivity index (χ4v) is 3.54. The molecule has 162 valence electrons. The van der Waals surface area contributed by atoms with E-state index in [0.29, 0.717) is 44.0 Å². The number of amides is 1. The van der Waals surface area contributed by atoms with E-state index in [0.717, 1.165) is 18.6 Å². The number of anilines is 1. The number of piperazine rings is 1. The maximum absolute atomic E-state index is 13.0. The van der Waals surface area contributed by atoms with Crippen molar-refractivity contribution in [1.29, 1.82) is 0 Å². The molecule has 0 radical (unpaired) electrons. The van der Waals surface area contributed by atoms with Crippen molar-refractivity contribution in [2.45, 2.75) is 39.0 Å². The van der Waals surface area contributed by atoms with Gasteiger partial charge in [0.1, 0.15) is 5.75 Å². The normalized spacial score (nSPS) is 15.8. The number of carbonyl (C=O) groups excluding carboxylic acids is 1. The molecule has 0 aromatic heterocycles. The van der Waals surface area contributed by atoms with Crippen molar-refractivity contribution in [3.63, 3.8) is 0 Å². The molecule has 2 aromatic rings. The summed E-state index contributed by atoms with van der Waals surface area (Å²) < 4.78 is 44.8. The molecule has 0 bridgehead atoms. The maximum atomic E-state index is 13.0. The standard InChI is InChI=1S/C23H27F3N2O2/c1-3-17-8-10-20(11-9-17)30-21(4-2)22(29)28-14-12-27(13-15-28)19-7-5-6-18(16-19)23(24,25)26/h5-11,16,21H,3-4,12-15H2,1-2H3/t21-/m1/s1. The average molecular weight is 420 g/mol. The summed E-state index contributed by atoms with van der Waals surface area (Å²) in [6.07, 6.45) is -3.46. The predicted octanol–water partition coefficient (Wildman–Crippen LogP) is 4.77. The molecule has 1 amide bonds. The van der Waals surface area contributed by atoms with E-state index in [-0.39, 0.29) is 5.91 Å². The zero-order valence-corrected chi connectivity index (χ0v) is 17.3. The van der Waals surface area contributed by atoms with Crippen molar-refractivity contribution >= 4 is 11.6 Å². The first-order chi connectivity index (χ1) is 14.3. The van der Waals surface area contributed by atoms with Crippen molar-refractivity contribution < 1.29 is 22.7 Å². The van der Waals surface area contributed by atoms with Crippen molar-refractivity contribution in [3.8, 4) is 5.75 Å². The highest BCUT2D eigenvalue weighted by Gasteiger charge is 2.32. The van der Waals surface area contributed by atoms with E-state index in [1.807, 2.05) is 36.1 Å². The molecule has 1 saturated heterocycles. The zero-order valence-electron chi connectivity index (χ0n) is 17.3. The van der Waals surface area contributed by atoms with E-state index in [1.165, 1.54) is 11.6 Å². The van der Waals surface area contributed by atoms with Crippen LogP contribution in [-0.2, 0) is 17.4 Å². The van der Waals surface area contributed by atoms with Crippen molar-refractivity contribution in [2.24, 2.45) is 0 Å². The highest BCUT2D eigenvalue weighted by atomic mass is 19.4. The van der Waals surface area contributed by atoms with Crippen LogP contribution >= 0.6 is 0 Å². The molecule has 7 heteroatoms. The number of halogens is 3. The molecule has 0 N–H and O–H groups in total.